The van der Waals surface area contributed by atoms with Crippen molar-refractivity contribution in [2.45, 2.75) is 32.1 Å². The molecule has 5 rings (SSSR count). The number of aromatic nitrogens is 1. The highest BCUT2D eigenvalue weighted by Gasteiger charge is 2.17. The average Bonchev–Trinajstić information content (AvgIpc) is 3.02. The molecule has 0 saturated carbocycles. The van der Waals surface area contributed by atoms with Crippen LogP contribution in [0.15, 0.2) is 102 Å². The van der Waals surface area contributed by atoms with Crippen molar-refractivity contribution in [1.29, 1.82) is 0 Å². The summed E-state index contributed by atoms with van der Waals surface area (Å²) in [5.74, 6) is 0.610. The maximum Gasteiger partial charge on any atom is 0.405 e. The first-order valence-corrected chi connectivity index (χ1v) is 14.4. The third kappa shape index (κ3) is 7.44. The summed E-state index contributed by atoms with van der Waals surface area (Å²) in [7, 11) is 0. The zero-order valence-electron chi connectivity index (χ0n) is 24.3. The number of phenols is 1. The van der Waals surface area contributed by atoms with Gasteiger partial charge in [0.2, 0.25) is 5.56 Å². The summed E-state index contributed by atoms with van der Waals surface area (Å²) in [6, 6.07) is 28.7. The number of ether oxygens (including phenoxy) is 1. The van der Waals surface area contributed by atoms with Gasteiger partial charge in [0.15, 0.2) is 0 Å². The highest BCUT2D eigenvalue weighted by Crippen LogP contribution is 2.29. The zero-order valence-corrected chi connectivity index (χ0v) is 24.3. The molecule has 0 fully saturated rings. The second kappa shape index (κ2) is 13.9. The molecule has 9 nitrogen and oxygen atoms in total. The Bertz CT molecular complexity index is 1800. The molecule has 5 aromatic rings. The number of aliphatic hydroxyl groups is 1. The smallest absolute Gasteiger partial charge is 0.405 e. The van der Waals surface area contributed by atoms with Crippen molar-refractivity contribution in [3.05, 3.63) is 141 Å². The number of benzene rings is 4. The van der Waals surface area contributed by atoms with Crippen molar-refractivity contribution in [2.24, 2.45) is 0 Å². The summed E-state index contributed by atoms with van der Waals surface area (Å²) in [4.78, 5) is 25.7. The molecule has 0 aliphatic carbocycles. The third-order valence-electron chi connectivity index (χ3n) is 7.59. The number of hydrogen-bond donors (Lipinski definition) is 6. The summed E-state index contributed by atoms with van der Waals surface area (Å²) < 4.78 is 6.11. The van der Waals surface area contributed by atoms with Gasteiger partial charge in [-0.25, -0.2) is 4.79 Å². The number of rotatable bonds is 12. The molecule has 0 radical (unpaired) electrons. The van der Waals surface area contributed by atoms with Gasteiger partial charge in [-0.3, -0.25) is 4.79 Å². The van der Waals surface area contributed by atoms with Crippen LogP contribution in [0.25, 0.3) is 10.9 Å². The van der Waals surface area contributed by atoms with Crippen LogP contribution in [0.2, 0.25) is 0 Å². The molecule has 0 aliphatic heterocycles. The number of pyridine rings is 1. The topological polar surface area (TPSA) is 144 Å². The number of aryl methyl sites for hydroxylation is 1. The van der Waals surface area contributed by atoms with E-state index in [0.29, 0.717) is 41.9 Å². The van der Waals surface area contributed by atoms with E-state index in [0.717, 1.165) is 34.2 Å². The van der Waals surface area contributed by atoms with Crippen LogP contribution in [0.4, 0.5) is 4.79 Å². The number of fused-ring (bicyclic) bond motifs is 1. The van der Waals surface area contributed by atoms with Crippen LogP contribution in [0, 0.1) is 6.92 Å². The van der Waals surface area contributed by atoms with Gasteiger partial charge in [0.25, 0.3) is 0 Å². The molecule has 1 unspecified atom stereocenters. The lowest BCUT2D eigenvalue weighted by molar-refractivity contribution is 0.176. The minimum absolute atomic E-state index is 0.0379. The monoisotopic (exact) mass is 593 g/mol. The van der Waals surface area contributed by atoms with E-state index in [2.05, 4.69) is 27.8 Å². The molecule has 44 heavy (non-hydrogen) atoms. The lowest BCUT2D eigenvalue weighted by Crippen LogP contribution is -2.27. The van der Waals surface area contributed by atoms with E-state index < -0.39 is 18.2 Å². The zero-order chi connectivity index (χ0) is 31.1. The van der Waals surface area contributed by atoms with Crippen LogP contribution >= 0.6 is 0 Å². The first-order chi connectivity index (χ1) is 21.3. The predicted octanol–water partition coefficient (Wildman–Crippen LogP) is 5.34. The lowest BCUT2D eigenvalue weighted by Gasteiger charge is -2.19. The average molecular weight is 594 g/mol. The van der Waals surface area contributed by atoms with Gasteiger partial charge in [0.05, 0.1) is 17.7 Å². The van der Waals surface area contributed by atoms with E-state index >= 15 is 0 Å². The number of aliphatic hydroxyl groups excluding tert-OH is 1. The highest BCUT2D eigenvalue weighted by atomic mass is 16.5. The summed E-state index contributed by atoms with van der Waals surface area (Å²) >= 11 is 0. The van der Waals surface area contributed by atoms with Crippen molar-refractivity contribution < 1.29 is 24.9 Å². The summed E-state index contributed by atoms with van der Waals surface area (Å²) in [5.41, 5.74) is 5.54. The van der Waals surface area contributed by atoms with Gasteiger partial charge in [0.1, 0.15) is 18.1 Å². The van der Waals surface area contributed by atoms with Gasteiger partial charge in [-0.05, 0) is 77.5 Å². The summed E-state index contributed by atoms with van der Waals surface area (Å²) in [6.07, 6.45) is -1.15. The second-order valence-electron chi connectivity index (χ2n) is 10.7. The molecule has 6 N–H and O–H groups in total. The van der Waals surface area contributed by atoms with Crippen molar-refractivity contribution >= 4 is 17.0 Å². The molecule has 4 aromatic carbocycles. The Hall–Kier alpha value is -5.12. The van der Waals surface area contributed by atoms with Gasteiger partial charge in [-0.15, -0.1) is 0 Å². The quantitative estimate of drug-likeness (QED) is 0.107. The highest BCUT2D eigenvalue weighted by molar-refractivity contribution is 5.87. The Morgan fingerprint density at radius 1 is 0.932 bits per heavy atom. The minimum Gasteiger partial charge on any atom is -0.506 e. The molecule has 226 valence electrons. The lowest BCUT2D eigenvalue weighted by atomic mass is 9.98. The Labute approximate surface area is 254 Å². The SMILES string of the molecule is Cc1cc(CCNC[C@@H](O)c2ccc(O)c3[nH]c(=O)ccc23)ccc1COc1cccc(C(NC(=O)O)c2ccccc2)c1. The van der Waals surface area contributed by atoms with Crippen molar-refractivity contribution in [1.82, 2.24) is 15.6 Å². The molecule has 0 spiro atoms. The van der Waals surface area contributed by atoms with E-state index in [1.54, 1.807) is 12.1 Å². The third-order valence-corrected chi connectivity index (χ3v) is 7.59. The molecule has 0 bridgehead atoms. The summed E-state index contributed by atoms with van der Waals surface area (Å²) in [6.45, 7) is 3.38. The van der Waals surface area contributed by atoms with E-state index in [4.69, 9.17) is 4.74 Å². The Kier molecular flexibility index (Phi) is 9.59. The fraction of sp³-hybridized carbons (Fsp3) is 0.200. The number of phenolic OH excluding ortho intramolecular Hbond substituents is 1. The van der Waals surface area contributed by atoms with Gasteiger partial charge >= 0.3 is 6.09 Å². The standard InChI is InChI=1S/C35H35N3O6/c1-22-18-23(16-17-36-20-31(40)28-12-14-30(39)34-29(28)13-15-32(41)37-34)10-11-26(22)21-44-27-9-5-8-25(19-27)33(38-35(42)43)24-6-3-2-4-7-24/h2-15,18-19,31,33,36,38-40H,16-17,20-21H2,1H3,(H,37,41)(H,42,43)/t31-,33?/m1/s1. The van der Waals surface area contributed by atoms with Crippen molar-refractivity contribution in [2.75, 3.05) is 13.1 Å². The summed E-state index contributed by atoms with van der Waals surface area (Å²) in [5, 5.41) is 36.7. The number of aromatic hydroxyl groups is 1. The number of aromatic amines is 1. The van der Waals surface area contributed by atoms with Gasteiger partial charge in [-0.1, -0.05) is 66.7 Å². The molecule has 0 saturated heterocycles. The molecule has 1 heterocycles. The minimum atomic E-state index is -1.10. The number of carboxylic acid groups (broad SMARTS) is 1. The Morgan fingerprint density at radius 3 is 2.50 bits per heavy atom. The molecule has 1 aromatic heterocycles. The Balaban J connectivity index is 1.15. The van der Waals surface area contributed by atoms with Crippen LogP contribution in [0.3, 0.4) is 0 Å². The molecular weight excluding hydrogens is 558 g/mol. The maximum absolute atomic E-state index is 11.7. The second-order valence-corrected chi connectivity index (χ2v) is 10.7. The van der Waals surface area contributed by atoms with Gasteiger partial charge in [-0.2, -0.15) is 0 Å². The molecule has 1 amide bonds. The normalized spacial score (nSPS) is 12.5. The van der Waals surface area contributed by atoms with Crippen molar-refractivity contribution in [3.63, 3.8) is 0 Å². The van der Waals surface area contributed by atoms with E-state index in [-0.39, 0.29) is 11.3 Å². The number of H-pyrrole nitrogens is 1. The molecule has 9 heteroatoms. The fourth-order valence-electron chi connectivity index (χ4n) is 5.28. The number of nitrogens with one attached hydrogen (secondary N) is 3. The van der Waals surface area contributed by atoms with E-state index in [9.17, 15) is 24.9 Å². The number of amides is 1. The first kappa shape index (κ1) is 30.3. The maximum atomic E-state index is 11.7. The van der Waals surface area contributed by atoms with Crippen LogP contribution in [0.1, 0.15) is 45.5 Å². The predicted molar refractivity (Wildman–Crippen MR) is 169 cm³/mol. The largest absolute Gasteiger partial charge is 0.506 e. The van der Waals surface area contributed by atoms with Crippen LogP contribution < -0.4 is 20.9 Å². The Morgan fingerprint density at radius 2 is 1.73 bits per heavy atom. The van der Waals surface area contributed by atoms with Gasteiger partial charge < -0.3 is 35.7 Å². The molecular formula is C35H35N3O6. The van der Waals surface area contributed by atoms with Crippen LogP contribution in [-0.2, 0) is 13.0 Å². The number of carbonyl (C=O) groups is 1. The van der Waals surface area contributed by atoms with Crippen LogP contribution in [-0.4, -0.2) is 39.5 Å². The fourth-order valence-corrected chi connectivity index (χ4v) is 5.28. The van der Waals surface area contributed by atoms with Crippen molar-refractivity contribution in [3.8, 4) is 11.5 Å². The first-order valence-electron chi connectivity index (χ1n) is 14.4. The van der Waals surface area contributed by atoms with E-state index in [1.165, 1.54) is 12.1 Å². The van der Waals surface area contributed by atoms with E-state index in [1.807, 2.05) is 67.6 Å². The number of hydrogen-bond acceptors (Lipinski definition) is 6. The van der Waals surface area contributed by atoms with Gasteiger partial charge in [0, 0.05) is 18.0 Å². The molecule has 2 atom stereocenters. The van der Waals surface area contributed by atoms with Crippen LogP contribution in [0.5, 0.6) is 11.5 Å². The molecule has 0 aliphatic rings.